The number of nitrogens with two attached hydrogens (primary N) is 1. The van der Waals surface area contributed by atoms with E-state index in [4.69, 9.17) is 22.1 Å². The topological polar surface area (TPSA) is 119 Å². The smallest absolute Gasteiger partial charge is 0.168 e. The normalized spacial score (nSPS) is 26.4. The molecule has 0 aliphatic carbocycles. The van der Waals surface area contributed by atoms with Gasteiger partial charge in [-0.1, -0.05) is 30.3 Å². The highest BCUT2D eigenvalue weighted by Gasteiger charge is 2.44. The lowest BCUT2D eigenvalue weighted by molar-refractivity contribution is -0.0281. The third-order valence-electron chi connectivity index (χ3n) is 4.28. The van der Waals surface area contributed by atoms with Crippen molar-refractivity contribution in [3.63, 3.8) is 0 Å². The molecule has 1 fully saturated rings. The van der Waals surface area contributed by atoms with Gasteiger partial charge in [-0.05, 0) is 0 Å². The van der Waals surface area contributed by atoms with Crippen LogP contribution in [0.2, 0.25) is 0 Å². The molecule has 2 unspecified atom stereocenters. The number of hydrogen-bond donors (Lipinski definition) is 3. The Balaban J connectivity index is 1.94. The van der Waals surface area contributed by atoms with Crippen LogP contribution in [-0.2, 0) is 4.74 Å². The summed E-state index contributed by atoms with van der Waals surface area (Å²) in [5.74, 6) is 0.788. The van der Waals surface area contributed by atoms with E-state index in [1.165, 1.54) is 6.33 Å². The van der Waals surface area contributed by atoms with E-state index in [1.807, 2.05) is 30.3 Å². The minimum Gasteiger partial charge on any atom is -0.387 e. The third kappa shape index (κ3) is 2.54. The summed E-state index contributed by atoms with van der Waals surface area (Å²) in [7, 11) is 0. The number of ether oxygens (including phenoxy) is 1. The highest BCUT2D eigenvalue weighted by atomic mass is 35.5. The molecular weight excluding hydrogens is 346 g/mol. The van der Waals surface area contributed by atoms with E-state index in [1.54, 1.807) is 4.57 Å². The predicted octanol–water partition coefficient (Wildman–Crippen LogP) is 0.933. The van der Waals surface area contributed by atoms with Crippen LogP contribution in [0.3, 0.4) is 0 Å². The first kappa shape index (κ1) is 16.2. The minimum atomic E-state index is -1.18. The Kier molecular flexibility index (Phi) is 4.04. The number of fused-ring (bicyclic) bond motifs is 1. The molecule has 0 saturated carbocycles. The van der Waals surface area contributed by atoms with Crippen LogP contribution in [0, 0.1) is 0 Å². The van der Waals surface area contributed by atoms with E-state index in [2.05, 4.69) is 15.0 Å². The van der Waals surface area contributed by atoms with Crippen molar-refractivity contribution in [2.45, 2.75) is 24.5 Å². The lowest BCUT2D eigenvalue weighted by atomic mass is 10.1. The van der Waals surface area contributed by atoms with Gasteiger partial charge < -0.3 is 20.7 Å². The molecule has 0 spiro atoms. The highest BCUT2D eigenvalue weighted by Crippen LogP contribution is 2.36. The first-order chi connectivity index (χ1) is 12.1. The fourth-order valence-corrected chi connectivity index (χ4v) is 3.28. The number of imidazole rings is 1. The first-order valence-corrected chi connectivity index (χ1v) is 8.26. The monoisotopic (exact) mass is 361 g/mol. The average Bonchev–Trinajstić information content (AvgIpc) is 3.15. The van der Waals surface area contributed by atoms with Gasteiger partial charge in [0.25, 0.3) is 0 Å². The van der Waals surface area contributed by atoms with E-state index in [9.17, 15) is 10.2 Å². The SMILES string of the molecule is Nc1ncnc2c1nc(-c1ccccc1)n2[C@@H]1O[C@H](CCl)C(O)C1O. The Morgan fingerprint density at radius 2 is 1.92 bits per heavy atom. The molecule has 0 radical (unpaired) electrons. The Labute approximate surface area is 147 Å². The van der Waals surface area contributed by atoms with Crippen LogP contribution >= 0.6 is 11.6 Å². The summed E-state index contributed by atoms with van der Waals surface area (Å²) >= 11 is 5.83. The summed E-state index contributed by atoms with van der Waals surface area (Å²) in [6.07, 6.45) is -2.56. The number of nitrogen functional groups attached to an aromatic ring is 1. The van der Waals surface area contributed by atoms with Gasteiger partial charge in [-0.3, -0.25) is 4.57 Å². The van der Waals surface area contributed by atoms with E-state index >= 15 is 0 Å². The van der Waals surface area contributed by atoms with Gasteiger partial charge in [0.1, 0.15) is 30.5 Å². The van der Waals surface area contributed by atoms with Gasteiger partial charge in [-0.2, -0.15) is 0 Å². The molecule has 1 aliphatic rings. The Hall–Kier alpha value is -2.26. The molecule has 4 rings (SSSR count). The molecule has 1 aromatic carbocycles. The molecule has 0 amide bonds. The molecule has 3 heterocycles. The molecule has 8 nitrogen and oxygen atoms in total. The van der Waals surface area contributed by atoms with Crippen molar-refractivity contribution < 1.29 is 14.9 Å². The van der Waals surface area contributed by atoms with Crippen molar-refractivity contribution in [1.82, 2.24) is 19.5 Å². The largest absolute Gasteiger partial charge is 0.387 e. The van der Waals surface area contributed by atoms with Crippen LogP contribution in [-0.4, -0.2) is 53.9 Å². The second-order valence-corrected chi connectivity index (χ2v) is 6.11. The number of aliphatic hydroxyl groups excluding tert-OH is 2. The molecule has 9 heteroatoms. The Morgan fingerprint density at radius 1 is 1.16 bits per heavy atom. The van der Waals surface area contributed by atoms with Crippen molar-refractivity contribution in [1.29, 1.82) is 0 Å². The fourth-order valence-electron chi connectivity index (χ4n) is 3.03. The zero-order valence-electron chi connectivity index (χ0n) is 13.0. The molecule has 25 heavy (non-hydrogen) atoms. The molecule has 4 atom stereocenters. The summed E-state index contributed by atoms with van der Waals surface area (Å²) < 4.78 is 7.41. The van der Waals surface area contributed by atoms with E-state index < -0.39 is 24.5 Å². The number of hydrogen-bond acceptors (Lipinski definition) is 7. The van der Waals surface area contributed by atoms with Gasteiger partial charge in [0, 0.05) is 5.56 Å². The predicted molar refractivity (Wildman–Crippen MR) is 91.8 cm³/mol. The summed E-state index contributed by atoms with van der Waals surface area (Å²) in [4.78, 5) is 12.8. The third-order valence-corrected chi connectivity index (χ3v) is 4.59. The second-order valence-electron chi connectivity index (χ2n) is 5.80. The lowest BCUT2D eigenvalue weighted by Gasteiger charge is -2.19. The van der Waals surface area contributed by atoms with Crippen molar-refractivity contribution in [2.75, 3.05) is 11.6 Å². The summed E-state index contributed by atoms with van der Waals surface area (Å²) in [6, 6.07) is 9.38. The van der Waals surface area contributed by atoms with E-state index in [0.717, 1.165) is 5.56 Å². The van der Waals surface area contributed by atoms with Crippen molar-refractivity contribution in [3.8, 4) is 11.4 Å². The maximum atomic E-state index is 10.5. The summed E-state index contributed by atoms with van der Waals surface area (Å²) in [6.45, 7) is 0. The maximum absolute atomic E-state index is 10.5. The van der Waals surface area contributed by atoms with Crippen LogP contribution in [0.1, 0.15) is 6.23 Å². The van der Waals surface area contributed by atoms with Crippen molar-refractivity contribution in [2.24, 2.45) is 0 Å². The molecular formula is C16H16ClN5O3. The molecule has 130 valence electrons. The Bertz CT molecular complexity index is 903. The molecule has 0 bridgehead atoms. The zero-order valence-corrected chi connectivity index (χ0v) is 13.8. The van der Waals surface area contributed by atoms with E-state index in [0.29, 0.717) is 17.0 Å². The van der Waals surface area contributed by atoms with Gasteiger partial charge in [0.15, 0.2) is 23.2 Å². The highest BCUT2D eigenvalue weighted by molar-refractivity contribution is 6.18. The molecule has 1 aliphatic heterocycles. The Morgan fingerprint density at radius 3 is 2.60 bits per heavy atom. The van der Waals surface area contributed by atoms with Gasteiger partial charge in [0.2, 0.25) is 0 Å². The van der Waals surface area contributed by atoms with Crippen molar-refractivity contribution >= 4 is 28.6 Å². The minimum absolute atomic E-state index is 0.0547. The quantitative estimate of drug-likeness (QED) is 0.594. The van der Waals surface area contributed by atoms with Gasteiger partial charge in [0.05, 0.1) is 5.88 Å². The number of aromatic nitrogens is 4. The molecule has 3 aromatic rings. The number of halogens is 1. The number of benzene rings is 1. The lowest BCUT2D eigenvalue weighted by Crippen LogP contribution is -2.32. The zero-order chi connectivity index (χ0) is 17.6. The number of alkyl halides is 1. The van der Waals surface area contributed by atoms with Gasteiger partial charge in [-0.15, -0.1) is 11.6 Å². The average molecular weight is 362 g/mol. The number of anilines is 1. The molecule has 1 saturated heterocycles. The summed E-state index contributed by atoms with van der Waals surface area (Å²) in [5, 5.41) is 20.6. The van der Waals surface area contributed by atoms with Gasteiger partial charge in [-0.25, -0.2) is 15.0 Å². The number of nitrogens with zero attached hydrogens (tertiary/aromatic N) is 4. The van der Waals surface area contributed by atoms with Gasteiger partial charge >= 0.3 is 0 Å². The first-order valence-electron chi connectivity index (χ1n) is 7.73. The second kappa shape index (κ2) is 6.23. The number of aliphatic hydroxyl groups is 2. The molecule has 2 aromatic heterocycles. The van der Waals surface area contributed by atoms with Crippen LogP contribution in [0.25, 0.3) is 22.6 Å². The molecule has 4 N–H and O–H groups in total. The standard InChI is InChI=1S/C16H16ClN5O3/c17-6-9-11(23)12(24)16(25-9)22-14(8-4-2-1-3-5-8)21-10-13(18)19-7-20-15(10)22/h1-5,7,9,11-12,16,23-24H,6H2,(H2,18,19,20)/t9-,11?,12?,16-/m1/s1. The van der Waals surface area contributed by atoms with Crippen LogP contribution in [0.15, 0.2) is 36.7 Å². The fraction of sp³-hybridized carbons (Fsp3) is 0.312. The number of rotatable bonds is 3. The van der Waals surface area contributed by atoms with E-state index in [-0.39, 0.29) is 11.7 Å². The van der Waals surface area contributed by atoms with Crippen LogP contribution in [0.5, 0.6) is 0 Å². The maximum Gasteiger partial charge on any atom is 0.168 e. The van der Waals surface area contributed by atoms with Crippen LogP contribution in [0.4, 0.5) is 5.82 Å². The van der Waals surface area contributed by atoms with Crippen LogP contribution < -0.4 is 5.73 Å². The summed E-state index contributed by atoms with van der Waals surface area (Å²) in [5.41, 5.74) is 7.54. The van der Waals surface area contributed by atoms with Crippen molar-refractivity contribution in [3.05, 3.63) is 36.7 Å².